The van der Waals surface area contributed by atoms with Crippen molar-refractivity contribution >= 4 is 23.0 Å². The number of anilines is 4. The molecule has 10 heteroatoms. The van der Waals surface area contributed by atoms with Crippen LogP contribution in [0.3, 0.4) is 0 Å². The molecule has 0 radical (unpaired) electrons. The van der Waals surface area contributed by atoms with E-state index in [1.54, 1.807) is 7.11 Å². The Balaban J connectivity index is 2.06. The highest BCUT2D eigenvalue weighted by Crippen LogP contribution is 2.28. The van der Waals surface area contributed by atoms with E-state index in [0.29, 0.717) is 30.5 Å². The first-order chi connectivity index (χ1) is 11.4. The molecule has 0 saturated carbocycles. The molecular weight excluding hydrogens is 327 g/mol. The Labute approximate surface area is 136 Å². The molecule has 0 spiro atoms. The maximum absolute atomic E-state index is 12.1. The van der Waals surface area contributed by atoms with Crippen LogP contribution < -0.4 is 21.1 Å². The van der Waals surface area contributed by atoms with Crippen LogP contribution in [0.15, 0.2) is 30.6 Å². The van der Waals surface area contributed by atoms with E-state index in [9.17, 15) is 13.2 Å². The van der Waals surface area contributed by atoms with Crippen LogP contribution in [0.25, 0.3) is 0 Å². The van der Waals surface area contributed by atoms with Crippen molar-refractivity contribution in [3.8, 4) is 5.75 Å². The average molecular weight is 343 g/mol. The lowest BCUT2D eigenvalue weighted by molar-refractivity contribution is -0.274. The summed E-state index contributed by atoms with van der Waals surface area (Å²) in [6, 6.07) is 5.21. The zero-order chi connectivity index (χ0) is 17.6. The molecule has 0 bridgehead atoms. The van der Waals surface area contributed by atoms with Crippen molar-refractivity contribution in [1.29, 1.82) is 0 Å². The molecule has 130 valence electrons. The van der Waals surface area contributed by atoms with Gasteiger partial charge in [0.05, 0.1) is 6.61 Å². The first-order valence-electron chi connectivity index (χ1n) is 6.85. The van der Waals surface area contributed by atoms with Gasteiger partial charge < -0.3 is 25.8 Å². The SMILES string of the molecule is COCCNc1ncnc(Nc2ccc(OC(F)(F)F)cc2)c1N. The fourth-order valence-corrected chi connectivity index (χ4v) is 1.78. The minimum Gasteiger partial charge on any atom is -0.406 e. The predicted molar refractivity (Wildman–Crippen MR) is 83.2 cm³/mol. The smallest absolute Gasteiger partial charge is 0.406 e. The van der Waals surface area contributed by atoms with Crippen LogP contribution >= 0.6 is 0 Å². The van der Waals surface area contributed by atoms with Crippen molar-refractivity contribution in [3.05, 3.63) is 30.6 Å². The van der Waals surface area contributed by atoms with Crippen molar-refractivity contribution in [3.63, 3.8) is 0 Å². The Kier molecular flexibility index (Phi) is 5.64. The lowest BCUT2D eigenvalue weighted by Crippen LogP contribution is -2.17. The number of halogens is 3. The summed E-state index contributed by atoms with van der Waals surface area (Å²) in [6.45, 7) is 0.994. The monoisotopic (exact) mass is 343 g/mol. The van der Waals surface area contributed by atoms with Crippen LogP contribution in [0.4, 0.5) is 36.2 Å². The van der Waals surface area contributed by atoms with Crippen LogP contribution in [0.2, 0.25) is 0 Å². The average Bonchev–Trinajstić information content (AvgIpc) is 2.51. The topological polar surface area (TPSA) is 94.3 Å². The van der Waals surface area contributed by atoms with E-state index >= 15 is 0 Å². The van der Waals surface area contributed by atoms with Gasteiger partial charge in [0.15, 0.2) is 11.6 Å². The molecule has 0 fully saturated rings. The minimum atomic E-state index is -4.73. The Bertz CT molecular complexity index is 664. The summed E-state index contributed by atoms with van der Waals surface area (Å²) in [4.78, 5) is 8.03. The fourth-order valence-electron chi connectivity index (χ4n) is 1.78. The van der Waals surface area contributed by atoms with Crippen molar-refractivity contribution < 1.29 is 22.6 Å². The first kappa shape index (κ1) is 17.6. The lowest BCUT2D eigenvalue weighted by Gasteiger charge is -2.13. The highest BCUT2D eigenvalue weighted by Gasteiger charge is 2.30. The van der Waals surface area contributed by atoms with Crippen molar-refractivity contribution in [1.82, 2.24) is 9.97 Å². The fraction of sp³-hybridized carbons (Fsp3) is 0.286. The van der Waals surface area contributed by atoms with Gasteiger partial charge in [0, 0.05) is 19.3 Å². The minimum absolute atomic E-state index is 0.282. The second-order valence-electron chi connectivity index (χ2n) is 4.60. The number of hydrogen-bond acceptors (Lipinski definition) is 7. The molecule has 2 aromatic rings. The Morgan fingerprint density at radius 2 is 1.79 bits per heavy atom. The van der Waals surface area contributed by atoms with Gasteiger partial charge in [0.2, 0.25) is 0 Å². The Morgan fingerprint density at radius 1 is 1.12 bits per heavy atom. The number of methoxy groups -OCH3 is 1. The van der Waals surface area contributed by atoms with Gasteiger partial charge >= 0.3 is 6.36 Å². The number of rotatable bonds is 7. The first-order valence-corrected chi connectivity index (χ1v) is 6.85. The molecule has 1 aromatic carbocycles. The predicted octanol–water partition coefficient (Wildman–Crippen LogP) is 2.76. The van der Waals surface area contributed by atoms with Crippen LogP contribution in [0.1, 0.15) is 0 Å². The van der Waals surface area contributed by atoms with E-state index in [1.807, 2.05) is 0 Å². The van der Waals surface area contributed by atoms with Crippen molar-refractivity contribution in [2.24, 2.45) is 0 Å². The highest BCUT2D eigenvalue weighted by atomic mass is 19.4. The van der Waals surface area contributed by atoms with E-state index < -0.39 is 6.36 Å². The molecule has 0 amide bonds. The molecule has 0 aliphatic heterocycles. The maximum atomic E-state index is 12.1. The molecule has 1 aromatic heterocycles. The molecule has 7 nitrogen and oxygen atoms in total. The van der Waals surface area contributed by atoms with Gasteiger partial charge in [-0.15, -0.1) is 13.2 Å². The van der Waals surface area contributed by atoms with E-state index in [2.05, 4.69) is 25.3 Å². The summed E-state index contributed by atoms with van der Waals surface area (Å²) in [6.07, 6.45) is -3.41. The van der Waals surface area contributed by atoms with Gasteiger partial charge in [0.25, 0.3) is 0 Å². The van der Waals surface area contributed by atoms with Gasteiger partial charge in [-0.2, -0.15) is 0 Å². The van der Waals surface area contributed by atoms with Crippen LogP contribution in [-0.4, -0.2) is 36.6 Å². The van der Waals surface area contributed by atoms with E-state index in [4.69, 9.17) is 10.5 Å². The Morgan fingerprint density at radius 3 is 2.42 bits per heavy atom. The van der Waals surface area contributed by atoms with Gasteiger partial charge in [0.1, 0.15) is 17.8 Å². The van der Waals surface area contributed by atoms with E-state index in [0.717, 1.165) is 0 Å². The molecule has 1 heterocycles. The number of nitrogens with zero attached hydrogens (tertiary/aromatic N) is 2. The molecule has 0 unspecified atom stereocenters. The number of nitrogens with two attached hydrogens (primary N) is 1. The quantitative estimate of drug-likeness (QED) is 0.666. The second kappa shape index (κ2) is 7.68. The molecule has 0 saturated heterocycles. The summed E-state index contributed by atoms with van der Waals surface area (Å²) < 4.78 is 45.1. The van der Waals surface area contributed by atoms with Crippen LogP contribution in [0.5, 0.6) is 5.75 Å². The normalized spacial score (nSPS) is 11.2. The lowest BCUT2D eigenvalue weighted by atomic mass is 10.3. The summed E-state index contributed by atoms with van der Waals surface area (Å²) in [5.74, 6) is 0.446. The van der Waals surface area contributed by atoms with Gasteiger partial charge in [-0.3, -0.25) is 0 Å². The molecule has 0 aliphatic carbocycles. The molecule has 0 aliphatic rings. The largest absolute Gasteiger partial charge is 0.573 e. The molecule has 2 rings (SSSR count). The zero-order valence-electron chi connectivity index (χ0n) is 12.7. The highest BCUT2D eigenvalue weighted by molar-refractivity contribution is 5.77. The Hall–Kier alpha value is -2.75. The maximum Gasteiger partial charge on any atom is 0.573 e. The number of hydrogen-bond donors (Lipinski definition) is 3. The summed E-state index contributed by atoms with van der Waals surface area (Å²) in [5.41, 5.74) is 6.74. The number of ether oxygens (including phenoxy) is 2. The summed E-state index contributed by atoms with van der Waals surface area (Å²) >= 11 is 0. The van der Waals surface area contributed by atoms with Gasteiger partial charge in [-0.1, -0.05) is 0 Å². The van der Waals surface area contributed by atoms with E-state index in [-0.39, 0.29) is 11.4 Å². The standard InChI is InChI=1S/C14H16F3N5O2/c1-23-7-6-19-12-11(18)13(21-8-20-12)22-9-2-4-10(5-3-9)24-14(15,16)17/h2-5,8H,6-7,18H2,1H3,(H2,19,20,21,22). The molecular formula is C14H16F3N5O2. The van der Waals surface area contributed by atoms with Crippen LogP contribution in [0, 0.1) is 0 Å². The number of nitrogen functional groups attached to an aromatic ring is 1. The summed E-state index contributed by atoms with van der Waals surface area (Å²) in [7, 11) is 1.57. The number of aromatic nitrogens is 2. The number of benzene rings is 1. The molecule has 0 atom stereocenters. The number of alkyl halides is 3. The zero-order valence-corrected chi connectivity index (χ0v) is 12.7. The van der Waals surface area contributed by atoms with Gasteiger partial charge in [-0.05, 0) is 24.3 Å². The second-order valence-corrected chi connectivity index (χ2v) is 4.60. The van der Waals surface area contributed by atoms with E-state index in [1.165, 1.54) is 30.6 Å². The van der Waals surface area contributed by atoms with Gasteiger partial charge in [-0.25, -0.2) is 9.97 Å². The molecule has 4 N–H and O–H groups in total. The van der Waals surface area contributed by atoms with Crippen molar-refractivity contribution in [2.45, 2.75) is 6.36 Å². The molecule has 24 heavy (non-hydrogen) atoms. The number of nitrogens with one attached hydrogen (secondary N) is 2. The summed E-state index contributed by atoms with van der Waals surface area (Å²) in [5, 5.41) is 5.90. The van der Waals surface area contributed by atoms with Crippen molar-refractivity contribution in [2.75, 3.05) is 36.6 Å². The third-order valence-electron chi connectivity index (χ3n) is 2.83. The third-order valence-corrected chi connectivity index (χ3v) is 2.83. The van der Waals surface area contributed by atoms with Crippen LogP contribution in [-0.2, 0) is 4.74 Å². The third kappa shape index (κ3) is 5.16.